The molecule has 0 amide bonds. The first kappa shape index (κ1) is 16.2. The minimum absolute atomic E-state index is 0.130. The number of aliphatic hydroxyl groups is 1. The van der Waals surface area contributed by atoms with Crippen LogP contribution < -0.4 is 10.5 Å². The first-order chi connectivity index (χ1) is 10.9. The molecule has 0 saturated carbocycles. The van der Waals surface area contributed by atoms with Crippen LogP contribution in [0.15, 0.2) is 24.3 Å². The lowest BCUT2D eigenvalue weighted by Crippen LogP contribution is -2.17. The van der Waals surface area contributed by atoms with Crippen LogP contribution in [0.25, 0.3) is 11.4 Å². The lowest BCUT2D eigenvalue weighted by molar-refractivity contribution is 0.0684. The second-order valence-corrected chi connectivity index (χ2v) is 4.77. The topological polar surface area (TPSA) is 142 Å². The van der Waals surface area contributed by atoms with E-state index in [0.717, 1.165) is 0 Å². The second kappa shape index (κ2) is 6.72. The Bertz CT molecular complexity index is 784. The molecule has 1 atom stereocenters. The van der Waals surface area contributed by atoms with Gasteiger partial charge in [-0.15, -0.1) is 0 Å². The average molecular weight is 314 g/mol. The summed E-state index contributed by atoms with van der Waals surface area (Å²) in [6, 6.07) is 8.46. The predicted molar refractivity (Wildman–Crippen MR) is 80.7 cm³/mol. The molecule has 2 aromatic rings. The van der Waals surface area contributed by atoms with E-state index in [1.165, 1.54) is 6.92 Å². The summed E-state index contributed by atoms with van der Waals surface area (Å²) in [5, 5.41) is 27.4. The van der Waals surface area contributed by atoms with Crippen molar-refractivity contribution in [3.8, 4) is 23.3 Å². The maximum atomic E-state index is 11.3. The number of nitrogens with zero attached hydrogens (tertiary/aromatic N) is 3. The van der Waals surface area contributed by atoms with Crippen LogP contribution in [0.5, 0.6) is 5.88 Å². The number of anilines is 1. The Morgan fingerprint density at radius 1 is 1.48 bits per heavy atom. The van der Waals surface area contributed by atoms with Crippen LogP contribution >= 0.6 is 0 Å². The van der Waals surface area contributed by atoms with Gasteiger partial charge in [-0.2, -0.15) is 10.2 Å². The zero-order valence-corrected chi connectivity index (χ0v) is 12.2. The minimum Gasteiger partial charge on any atom is -0.477 e. The summed E-state index contributed by atoms with van der Waals surface area (Å²) in [6.07, 6.45) is -0.807. The van der Waals surface area contributed by atoms with E-state index in [1.807, 2.05) is 6.07 Å². The van der Waals surface area contributed by atoms with Crippen molar-refractivity contribution < 1.29 is 19.7 Å². The number of hydrogen-bond donors (Lipinski definition) is 3. The van der Waals surface area contributed by atoms with Crippen molar-refractivity contribution in [2.24, 2.45) is 0 Å². The number of benzene rings is 1. The zero-order chi connectivity index (χ0) is 17.0. The summed E-state index contributed by atoms with van der Waals surface area (Å²) in [5.74, 6) is -1.70. The molecule has 0 bridgehead atoms. The van der Waals surface area contributed by atoms with E-state index in [-0.39, 0.29) is 29.7 Å². The largest absolute Gasteiger partial charge is 0.477 e. The number of carbonyl (C=O) groups is 1. The van der Waals surface area contributed by atoms with Crippen molar-refractivity contribution in [2.45, 2.75) is 13.0 Å². The third-order valence-electron chi connectivity index (χ3n) is 2.83. The maximum absolute atomic E-state index is 11.3. The van der Waals surface area contributed by atoms with E-state index in [1.54, 1.807) is 24.3 Å². The molecule has 23 heavy (non-hydrogen) atoms. The van der Waals surface area contributed by atoms with Crippen molar-refractivity contribution in [3.05, 3.63) is 35.4 Å². The molecule has 1 aromatic carbocycles. The van der Waals surface area contributed by atoms with Crippen LogP contribution in [0.3, 0.4) is 0 Å². The fraction of sp³-hybridized carbons (Fsp3) is 0.200. The molecule has 1 unspecified atom stereocenters. The highest BCUT2D eigenvalue weighted by Gasteiger charge is 2.21. The molecule has 0 aliphatic carbocycles. The highest BCUT2D eigenvalue weighted by Crippen LogP contribution is 2.26. The molecule has 8 heteroatoms. The molecule has 118 valence electrons. The van der Waals surface area contributed by atoms with Crippen LogP contribution in [-0.4, -0.2) is 38.9 Å². The summed E-state index contributed by atoms with van der Waals surface area (Å²) in [7, 11) is 0. The molecule has 8 nitrogen and oxygen atoms in total. The van der Waals surface area contributed by atoms with Crippen LogP contribution in [0.4, 0.5) is 5.82 Å². The van der Waals surface area contributed by atoms with Crippen molar-refractivity contribution in [3.63, 3.8) is 0 Å². The molecule has 0 fully saturated rings. The molecular weight excluding hydrogens is 300 g/mol. The number of hydrogen-bond acceptors (Lipinski definition) is 7. The van der Waals surface area contributed by atoms with Crippen LogP contribution in [0.2, 0.25) is 0 Å². The number of aliphatic hydroxyl groups excluding tert-OH is 1. The van der Waals surface area contributed by atoms with E-state index in [0.29, 0.717) is 11.1 Å². The van der Waals surface area contributed by atoms with Crippen molar-refractivity contribution in [1.29, 1.82) is 5.26 Å². The number of carboxylic acid groups (broad SMARTS) is 1. The smallest absolute Gasteiger partial charge is 0.345 e. The van der Waals surface area contributed by atoms with Crippen molar-refractivity contribution >= 4 is 11.8 Å². The van der Waals surface area contributed by atoms with E-state index in [4.69, 9.17) is 15.7 Å². The van der Waals surface area contributed by atoms with Crippen LogP contribution in [0.1, 0.15) is 22.8 Å². The fourth-order valence-electron chi connectivity index (χ4n) is 1.82. The van der Waals surface area contributed by atoms with E-state index < -0.39 is 12.1 Å². The summed E-state index contributed by atoms with van der Waals surface area (Å²) >= 11 is 0. The highest BCUT2D eigenvalue weighted by atomic mass is 16.5. The monoisotopic (exact) mass is 314 g/mol. The second-order valence-electron chi connectivity index (χ2n) is 4.77. The molecule has 0 spiro atoms. The van der Waals surface area contributed by atoms with Gasteiger partial charge >= 0.3 is 5.97 Å². The standard InChI is InChI=1S/C15H14N4O4/c1-8(20)7-23-14-11(15(21)22)12(17)18-13(19-14)10-4-2-3-9(5-10)6-16/h2-5,8,20H,7H2,1H3,(H,21,22)(H2,17,18,19). The molecular formula is C15H14N4O4. The molecule has 4 N–H and O–H groups in total. The predicted octanol–water partition coefficient (Wildman–Crippen LogP) is 1.06. The third kappa shape index (κ3) is 3.72. The van der Waals surface area contributed by atoms with Gasteiger partial charge in [-0.1, -0.05) is 12.1 Å². The Balaban J connectivity index is 2.53. The first-order valence-electron chi connectivity index (χ1n) is 6.64. The molecule has 0 radical (unpaired) electrons. The van der Waals surface area contributed by atoms with E-state index in [2.05, 4.69) is 9.97 Å². The number of nitriles is 1. The molecule has 1 heterocycles. The van der Waals surface area contributed by atoms with Gasteiger partial charge in [0.2, 0.25) is 5.88 Å². The minimum atomic E-state index is -1.33. The molecule has 0 aliphatic rings. The number of aromatic carboxylic acids is 1. The van der Waals surface area contributed by atoms with Gasteiger partial charge in [-0.3, -0.25) is 0 Å². The van der Waals surface area contributed by atoms with Gasteiger partial charge < -0.3 is 20.7 Å². The van der Waals surface area contributed by atoms with Gasteiger partial charge in [0.1, 0.15) is 12.4 Å². The number of ether oxygens (including phenoxy) is 1. The Labute approximate surface area is 131 Å². The summed E-state index contributed by atoms with van der Waals surface area (Å²) < 4.78 is 5.23. The number of nitrogens with two attached hydrogens (primary N) is 1. The van der Waals surface area contributed by atoms with Crippen LogP contribution in [0, 0.1) is 11.3 Å². The summed E-state index contributed by atoms with van der Waals surface area (Å²) in [4.78, 5) is 19.3. The Kier molecular flexibility index (Phi) is 4.73. The molecule has 1 aromatic heterocycles. The van der Waals surface area contributed by atoms with Gasteiger partial charge in [0.25, 0.3) is 0 Å². The molecule has 2 rings (SSSR count). The lowest BCUT2D eigenvalue weighted by Gasteiger charge is -2.12. The zero-order valence-electron chi connectivity index (χ0n) is 12.2. The van der Waals surface area contributed by atoms with Crippen molar-refractivity contribution in [1.82, 2.24) is 9.97 Å². The maximum Gasteiger partial charge on any atom is 0.345 e. The van der Waals surface area contributed by atoms with Crippen LogP contribution in [-0.2, 0) is 0 Å². The van der Waals surface area contributed by atoms with Gasteiger partial charge in [0, 0.05) is 5.56 Å². The molecule has 0 aliphatic heterocycles. The van der Waals surface area contributed by atoms with E-state index >= 15 is 0 Å². The Hall–Kier alpha value is -3.18. The third-order valence-corrected chi connectivity index (χ3v) is 2.83. The van der Waals surface area contributed by atoms with Gasteiger partial charge in [-0.05, 0) is 19.1 Å². The first-order valence-corrected chi connectivity index (χ1v) is 6.64. The Morgan fingerprint density at radius 3 is 2.83 bits per heavy atom. The summed E-state index contributed by atoms with van der Waals surface area (Å²) in [5.41, 5.74) is 6.22. The number of carboxylic acids is 1. The normalized spacial score (nSPS) is 11.5. The highest BCUT2D eigenvalue weighted by molar-refractivity contribution is 5.95. The van der Waals surface area contributed by atoms with Gasteiger partial charge in [0.15, 0.2) is 11.4 Å². The molecule has 0 saturated heterocycles. The SMILES string of the molecule is CC(O)COc1nc(-c2cccc(C#N)c2)nc(N)c1C(=O)O. The van der Waals surface area contributed by atoms with Gasteiger partial charge in [0.05, 0.1) is 17.7 Å². The Morgan fingerprint density at radius 2 is 2.22 bits per heavy atom. The summed E-state index contributed by atoms with van der Waals surface area (Å²) in [6.45, 7) is 1.34. The quantitative estimate of drug-likeness (QED) is 0.743. The number of nitrogen functional groups attached to an aromatic ring is 1. The number of rotatable bonds is 5. The van der Waals surface area contributed by atoms with E-state index in [9.17, 15) is 15.0 Å². The lowest BCUT2D eigenvalue weighted by atomic mass is 10.1. The average Bonchev–Trinajstić information content (AvgIpc) is 2.52. The number of aromatic nitrogens is 2. The van der Waals surface area contributed by atoms with Gasteiger partial charge in [-0.25, -0.2) is 9.78 Å². The fourth-order valence-corrected chi connectivity index (χ4v) is 1.82. The van der Waals surface area contributed by atoms with Crippen molar-refractivity contribution in [2.75, 3.05) is 12.3 Å².